The first-order valence-corrected chi connectivity index (χ1v) is 4.91. The average Bonchev–Trinajstić information content (AvgIpc) is 2.75. The minimum absolute atomic E-state index is 0.137. The Balaban J connectivity index is 1.99. The predicted molar refractivity (Wildman–Crippen MR) is 49.9 cm³/mol. The molecule has 0 spiro atoms. The minimum atomic E-state index is -0.924. The van der Waals surface area contributed by atoms with Crippen molar-refractivity contribution in [2.75, 3.05) is 6.61 Å². The van der Waals surface area contributed by atoms with Crippen LogP contribution in [0.15, 0.2) is 17.1 Å². The van der Waals surface area contributed by atoms with Crippen LogP contribution in [0.25, 0.3) is 0 Å². The third-order valence-electron chi connectivity index (χ3n) is 2.81. The van der Waals surface area contributed by atoms with Crippen LogP contribution in [-0.2, 0) is 4.74 Å². The summed E-state index contributed by atoms with van der Waals surface area (Å²) in [6.07, 6.45) is -1.24. The number of aromatic nitrogens is 2. The summed E-state index contributed by atoms with van der Waals surface area (Å²) in [5.74, 6) is 0. The maximum absolute atomic E-state index is 11.0. The van der Waals surface area contributed by atoms with E-state index in [4.69, 9.17) is 14.6 Å². The van der Waals surface area contributed by atoms with Crippen molar-refractivity contribution in [1.82, 2.24) is 9.55 Å². The fourth-order valence-electron chi connectivity index (χ4n) is 2.02. The first kappa shape index (κ1) is 9.76. The molecular weight excluding hydrogens is 216 g/mol. The quantitative estimate of drug-likeness (QED) is 0.590. The first-order chi connectivity index (χ1) is 7.70. The van der Waals surface area contributed by atoms with Gasteiger partial charge in [-0.2, -0.15) is 4.98 Å². The van der Waals surface area contributed by atoms with Gasteiger partial charge in [0.15, 0.2) is 12.3 Å². The van der Waals surface area contributed by atoms with Crippen LogP contribution in [0, 0.1) is 0 Å². The van der Waals surface area contributed by atoms with E-state index < -0.39 is 30.1 Å². The third-order valence-corrected chi connectivity index (χ3v) is 2.81. The maximum Gasteiger partial charge on any atom is 0.302 e. The molecule has 2 aliphatic heterocycles. The van der Waals surface area contributed by atoms with Gasteiger partial charge in [0.1, 0.15) is 12.2 Å². The van der Waals surface area contributed by atoms with Gasteiger partial charge in [0, 0.05) is 12.3 Å². The van der Waals surface area contributed by atoms with E-state index in [2.05, 4.69) is 4.98 Å². The van der Waals surface area contributed by atoms with Crippen molar-refractivity contribution in [2.24, 2.45) is 0 Å². The van der Waals surface area contributed by atoms with Crippen LogP contribution in [0.2, 0.25) is 0 Å². The topological polar surface area (TPSA) is 93.8 Å². The SMILES string of the molecule is O=c1ccn2c(n1)O[C@H]1C(O)[C@H](CO)O[C@@H]12. The summed E-state index contributed by atoms with van der Waals surface area (Å²) < 4.78 is 12.3. The molecule has 3 rings (SSSR count). The number of aliphatic hydroxyl groups is 2. The largest absolute Gasteiger partial charge is 0.453 e. The highest BCUT2D eigenvalue weighted by atomic mass is 16.6. The summed E-state index contributed by atoms with van der Waals surface area (Å²) in [7, 11) is 0. The lowest BCUT2D eigenvalue weighted by molar-refractivity contribution is -0.0434. The van der Waals surface area contributed by atoms with Crippen molar-refractivity contribution in [3.8, 4) is 6.01 Å². The van der Waals surface area contributed by atoms with E-state index in [0.29, 0.717) is 0 Å². The predicted octanol–water partition coefficient (Wildman–Crippen LogP) is -1.75. The molecule has 0 bridgehead atoms. The molecule has 7 heteroatoms. The fourth-order valence-corrected chi connectivity index (χ4v) is 2.02. The van der Waals surface area contributed by atoms with Gasteiger partial charge in [-0.05, 0) is 0 Å². The number of rotatable bonds is 1. The van der Waals surface area contributed by atoms with Gasteiger partial charge in [-0.1, -0.05) is 0 Å². The molecule has 0 saturated carbocycles. The number of hydrogen-bond donors (Lipinski definition) is 2. The molecule has 1 aromatic rings. The lowest BCUT2D eigenvalue weighted by atomic mass is 10.1. The normalized spacial score (nSPS) is 35.6. The molecule has 0 radical (unpaired) electrons. The highest BCUT2D eigenvalue weighted by molar-refractivity contribution is 5.10. The molecular formula is C9H10N2O5. The molecule has 1 fully saturated rings. The van der Waals surface area contributed by atoms with Crippen molar-refractivity contribution < 1.29 is 19.7 Å². The highest BCUT2D eigenvalue weighted by Gasteiger charge is 2.50. The van der Waals surface area contributed by atoms with E-state index in [1.807, 2.05) is 0 Å². The zero-order valence-electron chi connectivity index (χ0n) is 8.18. The Kier molecular flexibility index (Phi) is 2.00. The summed E-state index contributed by atoms with van der Waals surface area (Å²) in [5.41, 5.74) is -0.403. The Morgan fingerprint density at radius 2 is 2.38 bits per heavy atom. The van der Waals surface area contributed by atoms with Crippen molar-refractivity contribution in [2.45, 2.75) is 24.5 Å². The van der Waals surface area contributed by atoms with Crippen molar-refractivity contribution >= 4 is 0 Å². The van der Waals surface area contributed by atoms with Crippen LogP contribution in [0.3, 0.4) is 0 Å². The van der Waals surface area contributed by atoms with Crippen LogP contribution in [0.5, 0.6) is 6.01 Å². The number of ether oxygens (including phenoxy) is 2. The van der Waals surface area contributed by atoms with Crippen molar-refractivity contribution in [1.29, 1.82) is 0 Å². The second kappa shape index (κ2) is 3.27. The van der Waals surface area contributed by atoms with E-state index in [-0.39, 0.29) is 12.6 Å². The zero-order chi connectivity index (χ0) is 11.3. The molecule has 86 valence electrons. The van der Waals surface area contributed by atoms with Gasteiger partial charge in [0.25, 0.3) is 5.56 Å². The monoisotopic (exact) mass is 226 g/mol. The van der Waals surface area contributed by atoms with Crippen LogP contribution in [0.1, 0.15) is 6.23 Å². The molecule has 1 saturated heterocycles. The molecule has 0 aromatic carbocycles. The molecule has 16 heavy (non-hydrogen) atoms. The highest BCUT2D eigenvalue weighted by Crippen LogP contribution is 2.38. The van der Waals surface area contributed by atoms with E-state index in [1.165, 1.54) is 16.8 Å². The Bertz CT molecular complexity index is 473. The molecule has 2 aliphatic rings. The van der Waals surface area contributed by atoms with Gasteiger partial charge in [-0.3, -0.25) is 9.36 Å². The smallest absolute Gasteiger partial charge is 0.302 e. The van der Waals surface area contributed by atoms with Gasteiger partial charge < -0.3 is 19.7 Å². The molecule has 7 nitrogen and oxygen atoms in total. The number of fused-ring (bicyclic) bond motifs is 3. The number of aliphatic hydroxyl groups excluding tert-OH is 2. The molecule has 0 amide bonds. The molecule has 2 N–H and O–H groups in total. The summed E-state index contributed by atoms with van der Waals surface area (Å²) in [6.45, 7) is -0.277. The van der Waals surface area contributed by atoms with Crippen LogP contribution >= 0.6 is 0 Å². The Morgan fingerprint density at radius 3 is 3.12 bits per heavy atom. The van der Waals surface area contributed by atoms with E-state index >= 15 is 0 Å². The fraction of sp³-hybridized carbons (Fsp3) is 0.556. The van der Waals surface area contributed by atoms with Crippen molar-refractivity contribution in [3.05, 3.63) is 22.6 Å². The lowest BCUT2D eigenvalue weighted by Gasteiger charge is -2.13. The third kappa shape index (κ3) is 1.19. The van der Waals surface area contributed by atoms with Gasteiger partial charge in [0.2, 0.25) is 0 Å². The summed E-state index contributed by atoms with van der Waals surface area (Å²) in [5, 5.41) is 18.7. The zero-order valence-corrected chi connectivity index (χ0v) is 8.18. The van der Waals surface area contributed by atoms with E-state index in [0.717, 1.165) is 0 Å². The second-order valence-corrected chi connectivity index (χ2v) is 3.78. The molecule has 1 aromatic heterocycles. The number of nitrogens with zero attached hydrogens (tertiary/aromatic N) is 2. The van der Waals surface area contributed by atoms with Crippen molar-refractivity contribution in [3.63, 3.8) is 0 Å². The van der Waals surface area contributed by atoms with E-state index in [9.17, 15) is 9.90 Å². The Labute approximate surface area is 89.9 Å². The van der Waals surface area contributed by atoms with Gasteiger partial charge >= 0.3 is 6.01 Å². The molecule has 1 unspecified atom stereocenters. The number of hydrogen-bond acceptors (Lipinski definition) is 6. The summed E-state index contributed by atoms with van der Waals surface area (Å²) in [4.78, 5) is 14.7. The van der Waals surface area contributed by atoms with Gasteiger partial charge in [-0.25, -0.2) is 0 Å². The maximum atomic E-state index is 11.0. The van der Waals surface area contributed by atoms with E-state index in [1.54, 1.807) is 0 Å². The Hall–Kier alpha value is -1.44. The van der Waals surface area contributed by atoms with Crippen LogP contribution in [-0.4, -0.2) is 44.7 Å². The van der Waals surface area contributed by atoms with Crippen LogP contribution < -0.4 is 10.3 Å². The molecule has 4 atom stereocenters. The second-order valence-electron chi connectivity index (χ2n) is 3.78. The molecule has 0 aliphatic carbocycles. The van der Waals surface area contributed by atoms with Crippen LogP contribution in [0.4, 0.5) is 0 Å². The first-order valence-electron chi connectivity index (χ1n) is 4.91. The average molecular weight is 226 g/mol. The molecule has 3 heterocycles. The van der Waals surface area contributed by atoms with Gasteiger partial charge in [-0.15, -0.1) is 0 Å². The lowest BCUT2D eigenvalue weighted by Crippen LogP contribution is -2.34. The standard InChI is InChI=1S/C9H10N2O5/c12-3-4-6(14)7-8(15-4)11-2-1-5(13)10-9(11)16-7/h1-2,4,6-8,12,14H,3H2/t4-,6?,7-,8-/m0/s1. The Morgan fingerprint density at radius 1 is 1.56 bits per heavy atom. The summed E-state index contributed by atoms with van der Waals surface area (Å²) >= 11 is 0. The minimum Gasteiger partial charge on any atom is -0.453 e. The van der Waals surface area contributed by atoms with Gasteiger partial charge in [0.05, 0.1) is 6.61 Å². The summed E-state index contributed by atoms with van der Waals surface area (Å²) in [6, 6.07) is 1.43.